The van der Waals surface area contributed by atoms with Gasteiger partial charge in [-0.2, -0.15) is 0 Å². The molecule has 0 fully saturated rings. The Morgan fingerprint density at radius 3 is 2.67 bits per heavy atom. The molecule has 0 aliphatic rings. The van der Waals surface area contributed by atoms with E-state index in [4.69, 9.17) is 15.2 Å². The van der Waals surface area contributed by atoms with Crippen LogP contribution in [0.3, 0.4) is 0 Å². The lowest BCUT2D eigenvalue weighted by atomic mass is 10.1. The van der Waals surface area contributed by atoms with E-state index >= 15 is 0 Å². The van der Waals surface area contributed by atoms with Crippen molar-refractivity contribution in [2.75, 3.05) is 19.8 Å². The van der Waals surface area contributed by atoms with E-state index in [0.29, 0.717) is 19.8 Å². The molecule has 2 rings (SSSR count). The molecule has 0 radical (unpaired) electrons. The normalized spacial score (nSPS) is 10.4. The third-order valence-electron chi connectivity index (χ3n) is 3.10. The second kappa shape index (κ2) is 8.27. The molecule has 0 bridgehead atoms. The van der Waals surface area contributed by atoms with Gasteiger partial charge >= 0.3 is 0 Å². The molecule has 0 saturated heterocycles. The Bertz CT molecular complexity index is 519. The molecule has 0 aliphatic carbocycles. The molecule has 0 atom stereocenters. The van der Waals surface area contributed by atoms with Gasteiger partial charge in [0.15, 0.2) is 11.5 Å². The van der Waals surface area contributed by atoms with Crippen LogP contribution in [0, 0.1) is 0 Å². The molecule has 112 valence electrons. The molecule has 1 aromatic carbocycles. The fourth-order valence-corrected chi connectivity index (χ4v) is 2.15. The smallest absolute Gasteiger partial charge is 0.164 e. The van der Waals surface area contributed by atoms with E-state index in [9.17, 15) is 0 Å². The van der Waals surface area contributed by atoms with Crippen molar-refractivity contribution in [1.82, 2.24) is 4.98 Å². The van der Waals surface area contributed by atoms with Crippen LogP contribution in [0.1, 0.15) is 18.2 Å². The third-order valence-corrected chi connectivity index (χ3v) is 3.10. The highest BCUT2D eigenvalue weighted by Crippen LogP contribution is 2.31. The van der Waals surface area contributed by atoms with Gasteiger partial charge in [-0.15, -0.1) is 0 Å². The molecule has 4 heteroatoms. The van der Waals surface area contributed by atoms with Crippen molar-refractivity contribution < 1.29 is 9.47 Å². The van der Waals surface area contributed by atoms with Crippen LogP contribution in [0.25, 0.3) is 0 Å². The summed E-state index contributed by atoms with van der Waals surface area (Å²) in [4.78, 5) is 4.30. The zero-order chi connectivity index (χ0) is 14.9. The summed E-state index contributed by atoms with van der Waals surface area (Å²) in [5.41, 5.74) is 7.77. The number of hydrogen-bond donors (Lipinski definition) is 1. The fourth-order valence-electron chi connectivity index (χ4n) is 2.15. The molecule has 1 aromatic heterocycles. The molecule has 1 heterocycles. The van der Waals surface area contributed by atoms with E-state index in [1.165, 1.54) is 0 Å². The molecule has 2 N–H and O–H groups in total. The summed E-state index contributed by atoms with van der Waals surface area (Å²) in [7, 11) is 0. The third kappa shape index (κ3) is 4.46. The first-order valence-electron chi connectivity index (χ1n) is 7.32. The number of nitrogens with zero attached hydrogens (tertiary/aromatic N) is 1. The second-order valence-corrected chi connectivity index (χ2v) is 4.64. The minimum absolute atomic E-state index is 0.568. The minimum atomic E-state index is 0.568. The van der Waals surface area contributed by atoms with Crippen molar-refractivity contribution in [3.63, 3.8) is 0 Å². The van der Waals surface area contributed by atoms with E-state index in [1.54, 1.807) is 6.20 Å². The topological polar surface area (TPSA) is 57.4 Å². The highest BCUT2D eigenvalue weighted by atomic mass is 16.5. The summed E-state index contributed by atoms with van der Waals surface area (Å²) >= 11 is 0. The molecule has 0 amide bonds. The first-order chi connectivity index (χ1) is 10.3. The van der Waals surface area contributed by atoms with Gasteiger partial charge in [0.05, 0.1) is 13.2 Å². The minimum Gasteiger partial charge on any atom is -0.490 e. The quantitative estimate of drug-likeness (QED) is 0.810. The number of rotatable bonds is 8. The van der Waals surface area contributed by atoms with Crippen LogP contribution >= 0.6 is 0 Å². The molecule has 2 aromatic rings. The van der Waals surface area contributed by atoms with Crippen LogP contribution in [0.5, 0.6) is 11.5 Å². The first kappa shape index (κ1) is 15.3. The number of benzene rings is 1. The summed E-state index contributed by atoms with van der Waals surface area (Å²) in [6, 6.07) is 11.8. The number of ether oxygens (including phenoxy) is 2. The largest absolute Gasteiger partial charge is 0.490 e. The van der Waals surface area contributed by atoms with Crippen molar-refractivity contribution in [2.45, 2.75) is 19.8 Å². The lowest BCUT2D eigenvalue weighted by Gasteiger charge is -2.15. The molecule has 0 aliphatic heterocycles. The van der Waals surface area contributed by atoms with Crippen LogP contribution in [0.2, 0.25) is 0 Å². The summed E-state index contributed by atoms with van der Waals surface area (Å²) in [5.74, 6) is 1.59. The Labute approximate surface area is 125 Å². The van der Waals surface area contributed by atoms with Crippen molar-refractivity contribution in [3.8, 4) is 11.5 Å². The van der Waals surface area contributed by atoms with Crippen LogP contribution in [-0.4, -0.2) is 24.7 Å². The number of pyridine rings is 1. The maximum Gasteiger partial charge on any atom is 0.164 e. The van der Waals surface area contributed by atoms with E-state index in [2.05, 4.69) is 4.98 Å². The Kier molecular flexibility index (Phi) is 6.03. The molecule has 0 spiro atoms. The van der Waals surface area contributed by atoms with Gasteiger partial charge < -0.3 is 15.2 Å². The highest BCUT2D eigenvalue weighted by molar-refractivity contribution is 5.46. The van der Waals surface area contributed by atoms with Crippen molar-refractivity contribution in [3.05, 3.63) is 53.9 Å². The van der Waals surface area contributed by atoms with Crippen LogP contribution in [0.15, 0.2) is 42.6 Å². The molecule has 0 unspecified atom stereocenters. The fraction of sp³-hybridized carbons (Fsp3) is 0.353. The SMILES string of the molecule is CCOc1cccc(CCN)c1OCCc1ccccn1. The Morgan fingerprint density at radius 2 is 1.95 bits per heavy atom. The van der Waals surface area contributed by atoms with E-state index in [0.717, 1.165) is 35.6 Å². The summed E-state index contributed by atoms with van der Waals surface area (Å²) < 4.78 is 11.6. The predicted octanol–water partition coefficient (Wildman–Crippen LogP) is 2.60. The lowest BCUT2D eigenvalue weighted by molar-refractivity contribution is 0.276. The molecular weight excluding hydrogens is 264 g/mol. The predicted molar refractivity (Wildman–Crippen MR) is 83.8 cm³/mol. The Morgan fingerprint density at radius 1 is 1.05 bits per heavy atom. The van der Waals surface area contributed by atoms with E-state index < -0.39 is 0 Å². The van der Waals surface area contributed by atoms with Gasteiger partial charge in [0.2, 0.25) is 0 Å². The van der Waals surface area contributed by atoms with Gasteiger partial charge in [-0.25, -0.2) is 0 Å². The van der Waals surface area contributed by atoms with Crippen molar-refractivity contribution in [2.24, 2.45) is 5.73 Å². The van der Waals surface area contributed by atoms with Gasteiger partial charge in [0, 0.05) is 18.3 Å². The Hall–Kier alpha value is -2.07. The number of nitrogens with two attached hydrogens (primary N) is 1. The van der Waals surface area contributed by atoms with Crippen LogP contribution in [0.4, 0.5) is 0 Å². The standard InChI is InChI=1S/C17H22N2O2/c1-2-20-16-8-5-6-14(9-11-18)17(16)21-13-10-15-7-3-4-12-19-15/h3-8,12H,2,9-11,13,18H2,1H3. The Balaban J connectivity index is 2.06. The lowest BCUT2D eigenvalue weighted by Crippen LogP contribution is -2.09. The maximum atomic E-state index is 5.96. The monoisotopic (exact) mass is 286 g/mol. The number of hydrogen-bond acceptors (Lipinski definition) is 4. The van der Waals surface area contributed by atoms with Gasteiger partial charge in [-0.1, -0.05) is 18.2 Å². The molecular formula is C17H22N2O2. The average Bonchev–Trinajstić information content (AvgIpc) is 2.51. The van der Waals surface area contributed by atoms with Gasteiger partial charge in [0.25, 0.3) is 0 Å². The van der Waals surface area contributed by atoms with Crippen molar-refractivity contribution in [1.29, 1.82) is 0 Å². The van der Waals surface area contributed by atoms with Gasteiger partial charge in [-0.05, 0) is 43.7 Å². The second-order valence-electron chi connectivity index (χ2n) is 4.64. The molecule has 21 heavy (non-hydrogen) atoms. The summed E-state index contributed by atoms with van der Waals surface area (Å²) in [6.07, 6.45) is 3.34. The van der Waals surface area contributed by atoms with Gasteiger partial charge in [-0.3, -0.25) is 4.98 Å². The van der Waals surface area contributed by atoms with E-state index in [1.807, 2.05) is 43.3 Å². The zero-order valence-corrected chi connectivity index (χ0v) is 12.4. The number of aromatic nitrogens is 1. The van der Waals surface area contributed by atoms with Crippen LogP contribution < -0.4 is 15.2 Å². The van der Waals surface area contributed by atoms with Crippen molar-refractivity contribution >= 4 is 0 Å². The first-order valence-corrected chi connectivity index (χ1v) is 7.32. The highest BCUT2D eigenvalue weighted by Gasteiger charge is 2.10. The zero-order valence-electron chi connectivity index (χ0n) is 12.4. The number of para-hydroxylation sites is 1. The maximum absolute atomic E-state index is 5.96. The van der Waals surface area contributed by atoms with Gasteiger partial charge in [0.1, 0.15) is 0 Å². The summed E-state index contributed by atoms with van der Waals surface area (Å²) in [5, 5.41) is 0. The molecule has 4 nitrogen and oxygen atoms in total. The average molecular weight is 286 g/mol. The summed E-state index contributed by atoms with van der Waals surface area (Å²) in [6.45, 7) is 3.74. The van der Waals surface area contributed by atoms with E-state index in [-0.39, 0.29) is 0 Å². The molecule has 0 saturated carbocycles. The van der Waals surface area contributed by atoms with Crippen LogP contribution in [-0.2, 0) is 12.8 Å².